The van der Waals surface area contributed by atoms with Gasteiger partial charge in [0, 0.05) is 5.56 Å². The van der Waals surface area contributed by atoms with E-state index in [1.165, 1.54) is 19.3 Å². The van der Waals surface area contributed by atoms with Crippen molar-refractivity contribution in [1.29, 1.82) is 5.26 Å². The Labute approximate surface area is 141 Å². The molecular formula is C18H21N5O. The van der Waals surface area contributed by atoms with Crippen LogP contribution in [0.4, 0.5) is 11.8 Å². The molecule has 3 rings (SSSR count). The highest BCUT2D eigenvalue weighted by Crippen LogP contribution is 2.29. The van der Waals surface area contributed by atoms with E-state index in [9.17, 15) is 5.26 Å². The van der Waals surface area contributed by atoms with Crippen LogP contribution in [0.2, 0.25) is 0 Å². The Kier molecular flexibility index (Phi) is 4.92. The Balaban J connectivity index is 1.91. The van der Waals surface area contributed by atoms with Crippen molar-refractivity contribution in [2.24, 2.45) is 0 Å². The van der Waals surface area contributed by atoms with Gasteiger partial charge >= 0.3 is 0 Å². The number of benzene rings is 1. The van der Waals surface area contributed by atoms with Crippen LogP contribution in [0.5, 0.6) is 0 Å². The molecule has 0 aliphatic heterocycles. The molecule has 6 heteroatoms. The Bertz CT molecular complexity index is 762. The van der Waals surface area contributed by atoms with E-state index in [0.717, 1.165) is 24.0 Å². The Morgan fingerprint density at radius 2 is 1.88 bits per heavy atom. The topological polar surface area (TPSA) is 111 Å². The van der Waals surface area contributed by atoms with Crippen LogP contribution in [0.1, 0.15) is 43.2 Å². The molecule has 0 bridgehead atoms. The number of nitrogens with zero attached hydrogens (tertiary/aromatic N) is 3. The van der Waals surface area contributed by atoms with E-state index >= 15 is 0 Å². The lowest BCUT2D eigenvalue weighted by Crippen LogP contribution is -2.16. The molecule has 0 amide bonds. The van der Waals surface area contributed by atoms with Crippen LogP contribution in [0.15, 0.2) is 24.3 Å². The fourth-order valence-electron chi connectivity index (χ4n) is 3.12. The first-order valence-corrected chi connectivity index (χ1v) is 8.22. The minimum Gasteiger partial charge on any atom is -0.382 e. The quantitative estimate of drug-likeness (QED) is 0.894. The highest BCUT2D eigenvalue weighted by Gasteiger charge is 2.18. The van der Waals surface area contributed by atoms with Crippen LogP contribution < -0.4 is 11.5 Å². The average Bonchev–Trinajstić information content (AvgIpc) is 2.60. The Morgan fingerprint density at radius 3 is 2.62 bits per heavy atom. The normalized spacial score (nSPS) is 15.1. The first-order valence-electron chi connectivity index (χ1n) is 8.22. The Hall–Kier alpha value is -2.65. The zero-order chi connectivity index (χ0) is 16.9. The van der Waals surface area contributed by atoms with Gasteiger partial charge in [-0.2, -0.15) is 10.2 Å². The van der Waals surface area contributed by atoms with Gasteiger partial charge in [-0.05, 0) is 18.4 Å². The average molecular weight is 323 g/mol. The molecular weight excluding hydrogens is 302 g/mol. The van der Waals surface area contributed by atoms with Crippen molar-refractivity contribution in [2.75, 3.05) is 11.5 Å². The molecule has 1 aliphatic rings. The minimum atomic E-state index is 0.0597. The zero-order valence-corrected chi connectivity index (χ0v) is 13.5. The van der Waals surface area contributed by atoms with Gasteiger partial charge in [-0.1, -0.05) is 43.5 Å². The number of nitriles is 1. The maximum absolute atomic E-state index is 9.39. The number of hydrogen-bond donors (Lipinski definition) is 2. The van der Waals surface area contributed by atoms with Crippen LogP contribution in [-0.4, -0.2) is 16.1 Å². The van der Waals surface area contributed by atoms with Crippen molar-refractivity contribution >= 4 is 11.8 Å². The molecule has 4 N–H and O–H groups in total. The van der Waals surface area contributed by atoms with Gasteiger partial charge in [-0.25, -0.2) is 4.98 Å². The standard InChI is InChI=1S/C18H21N5O/c19-10-15-16(22-18(21)23-17(15)20)14-9-5-4-6-12(14)11-24-13-7-2-1-3-8-13/h4-6,9,13H,1-3,7-8,11H2,(H4,20,21,22,23). The minimum absolute atomic E-state index is 0.0597. The molecule has 0 unspecified atom stereocenters. The van der Waals surface area contributed by atoms with Crippen LogP contribution >= 0.6 is 0 Å². The summed E-state index contributed by atoms with van der Waals surface area (Å²) in [6.45, 7) is 0.482. The van der Waals surface area contributed by atoms with Gasteiger partial charge in [-0.15, -0.1) is 0 Å². The van der Waals surface area contributed by atoms with Crippen molar-refractivity contribution in [3.8, 4) is 17.3 Å². The van der Waals surface area contributed by atoms with E-state index in [2.05, 4.69) is 16.0 Å². The fraction of sp³-hybridized carbons (Fsp3) is 0.389. The first kappa shape index (κ1) is 16.2. The van der Waals surface area contributed by atoms with E-state index in [0.29, 0.717) is 18.4 Å². The largest absolute Gasteiger partial charge is 0.382 e. The number of anilines is 2. The summed E-state index contributed by atoms with van der Waals surface area (Å²) in [5.74, 6) is 0.160. The second kappa shape index (κ2) is 7.28. The van der Waals surface area contributed by atoms with Crippen LogP contribution in [-0.2, 0) is 11.3 Å². The maximum atomic E-state index is 9.39. The molecule has 124 valence electrons. The zero-order valence-electron chi connectivity index (χ0n) is 13.5. The molecule has 2 aromatic rings. The molecule has 1 aromatic heterocycles. The van der Waals surface area contributed by atoms with E-state index < -0.39 is 0 Å². The van der Waals surface area contributed by atoms with Crippen molar-refractivity contribution in [3.63, 3.8) is 0 Å². The third kappa shape index (κ3) is 3.47. The van der Waals surface area contributed by atoms with Gasteiger partial charge < -0.3 is 16.2 Å². The maximum Gasteiger partial charge on any atom is 0.222 e. The fourth-order valence-corrected chi connectivity index (χ4v) is 3.12. The molecule has 0 radical (unpaired) electrons. The van der Waals surface area contributed by atoms with Gasteiger partial charge in [0.2, 0.25) is 5.95 Å². The summed E-state index contributed by atoms with van der Waals surface area (Å²) in [7, 11) is 0. The first-order chi connectivity index (χ1) is 11.7. The molecule has 1 heterocycles. The molecule has 1 aliphatic carbocycles. The second-order valence-corrected chi connectivity index (χ2v) is 6.03. The van der Waals surface area contributed by atoms with E-state index in [4.69, 9.17) is 16.2 Å². The van der Waals surface area contributed by atoms with E-state index in [1.54, 1.807) is 0 Å². The number of aromatic nitrogens is 2. The summed E-state index contributed by atoms with van der Waals surface area (Å²) in [6.07, 6.45) is 6.27. The second-order valence-electron chi connectivity index (χ2n) is 6.03. The summed E-state index contributed by atoms with van der Waals surface area (Å²) < 4.78 is 6.08. The predicted molar refractivity (Wildman–Crippen MR) is 92.7 cm³/mol. The summed E-state index contributed by atoms with van der Waals surface area (Å²) in [5.41, 5.74) is 14.0. The van der Waals surface area contributed by atoms with Gasteiger partial charge in [0.15, 0.2) is 0 Å². The number of nitrogens with two attached hydrogens (primary N) is 2. The summed E-state index contributed by atoms with van der Waals surface area (Å²) in [4.78, 5) is 8.11. The van der Waals surface area contributed by atoms with E-state index in [-0.39, 0.29) is 17.3 Å². The molecule has 0 atom stereocenters. The number of hydrogen-bond acceptors (Lipinski definition) is 6. The van der Waals surface area contributed by atoms with Crippen LogP contribution in [0.25, 0.3) is 11.3 Å². The molecule has 1 aromatic carbocycles. The molecule has 24 heavy (non-hydrogen) atoms. The molecule has 6 nitrogen and oxygen atoms in total. The number of ether oxygens (including phenoxy) is 1. The van der Waals surface area contributed by atoms with Crippen molar-refractivity contribution in [1.82, 2.24) is 9.97 Å². The van der Waals surface area contributed by atoms with Crippen molar-refractivity contribution < 1.29 is 4.74 Å². The highest BCUT2D eigenvalue weighted by molar-refractivity contribution is 5.75. The molecule has 0 spiro atoms. The summed E-state index contributed by atoms with van der Waals surface area (Å²) in [6, 6.07) is 9.81. The van der Waals surface area contributed by atoms with Crippen LogP contribution in [0, 0.1) is 11.3 Å². The molecule has 1 saturated carbocycles. The van der Waals surface area contributed by atoms with Crippen LogP contribution in [0.3, 0.4) is 0 Å². The van der Waals surface area contributed by atoms with Gasteiger partial charge in [0.05, 0.1) is 18.4 Å². The lowest BCUT2D eigenvalue weighted by Gasteiger charge is -2.22. The van der Waals surface area contributed by atoms with E-state index in [1.807, 2.05) is 24.3 Å². The molecule has 0 saturated heterocycles. The third-order valence-corrected chi connectivity index (χ3v) is 4.37. The SMILES string of the molecule is N#Cc1c(N)nc(N)nc1-c1ccccc1COC1CCCCC1. The van der Waals surface area contributed by atoms with Gasteiger partial charge in [0.25, 0.3) is 0 Å². The highest BCUT2D eigenvalue weighted by atomic mass is 16.5. The van der Waals surface area contributed by atoms with Gasteiger partial charge in [0.1, 0.15) is 17.5 Å². The Morgan fingerprint density at radius 1 is 1.12 bits per heavy atom. The third-order valence-electron chi connectivity index (χ3n) is 4.37. The predicted octanol–water partition coefficient (Wildman–Crippen LogP) is 3.03. The van der Waals surface area contributed by atoms with Gasteiger partial charge in [-0.3, -0.25) is 0 Å². The smallest absolute Gasteiger partial charge is 0.222 e. The van der Waals surface area contributed by atoms with Crippen molar-refractivity contribution in [3.05, 3.63) is 35.4 Å². The lowest BCUT2D eigenvalue weighted by molar-refractivity contribution is 0.0171. The summed E-state index contributed by atoms with van der Waals surface area (Å²) >= 11 is 0. The summed E-state index contributed by atoms with van der Waals surface area (Å²) in [5, 5.41) is 9.39. The lowest BCUT2D eigenvalue weighted by atomic mass is 9.97. The van der Waals surface area contributed by atoms with Crippen molar-refractivity contribution in [2.45, 2.75) is 44.8 Å². The molecule has 1 fully saturated rings. The number of nitrogen functional groups attached to an aromatic ring is 2. The monoisotopic (exact) mass is 323 g/mol. The number of rotatable bonds is 4.